The minimum absolute atomic E-state index is 0.0850. The summed E-state index contributed by atoms with van der Waals surface area (Å²) in [4.78, 5) is 10.4. The maximum atomic E-state index is 10.4. The average Bonchev–Trinajstić information content (AvgIpc) is 2.04. The Bertz CT molecular complexity index is 119. The van der Waals surface area contributed by atoms with Gasteiger partial charge in [0.05, 0.1) is 13.8 Å². The van der Waals surface area contributed by atoms with E-state index in [4.69, 9.17) is 5.11 Å². The number of hydrogen-bond acceptors (Lipinski definition) is 5. The minimum atomic E-state index is -1.08. The van der Waals surface area contributed by atoms with Gasteiger partial charge in [0.25, 0.3) is 0 Å². The Labute approximate surface area is 64.5 Å². The summed E-state index contributed by atoms with van der Waals surface area (Å²) in [6, 6.07) is 0. The van der Waals surface area contributed by atoms with Gasteiger partial charge in [0, 0.05) is 7.11 Å². The number of methoxy groups -OCH3 is 2. The van der Waals surface area contributed by atoms with Crippen molar-refractivity contribution in [2.24, 2.45) is 0 Å². The lowest BCUT2D eigenvalue weighted by molar-refractivity contribution is -0.0970. The van der Waals surface area contributed by atoms with Crippen molar-refractivity contribution in [3.05, 3.63) is 0 Å². The molecule has 6 heteroatoms. The van der Waals surface area contributed by atoms with Crippen LogP contribution in [0.15, 0.2) is 0 Å². The molecule has 0 saturated heterocycles. The van der Waals surface area contributed by atoms with Crippen LogP contribution < -0.4 is 10.6 Å². The van der Waals surface area contributed by atoms with E-state index >= 15 is 0 Å². The topological polar surface area (TPSA) is 79.8 Å². The fourth-order valence-electron chi connectivity index (χ4n) is 0.366. The predicted octanol–water partition coefficient (Wildman–Crippen LogP) is -1.19. The summed E-state index contributed by atoms with van der Waals surface area (Å²) in [7, 11) is 2.58. The lowest BCUT2D eigenvalue weighted by Gasteiger charge is -2.10. The third-order valence-electron chi connectivity index (χ3n) is 0.918. The summed E-state index contributed by atoms with van der Waals surface area (Å²) >= 11 is 0. The van der Waals surface area contributed by atoms with Crippen molar-refractivity contribution in [2.75, 3.05) is 20.9 Å². The molecule has 0 heterocycles. The minimum Gasteiger partial charge on any atom is -0.453 e. The summed E-state index contributed by atoms with van der Waals surface area (Å²) in [5.41, 5.74) is 0. The Balaban J connectivity index is 3.20. The van der Waals surface area contributed by atoms with E-state index in [1.54, 1.807) is 0 Å². The molecule has 11 heavy (non-hydrogen) atoms. The Morgan fingerprint density at radius 1 is 1.64 bits per heavy atom. The summed E-state index contributed by atoms with van der Waals surface area (Å²) in [5.74, 6) is 0. The lowest BCUT2D eigenvalue weighted by atomic mass is 10.9. The molecule has 1 atom stereocenters. The van der Waals surface area contributed by atoms with Crippen molar-refractivity contribution in [3.8, 4) is 0 Å². The third-order valence-corrected chi connectivity index (χ3v) is 0.918. The molecule has 0 bridgehead atoms. The van der Waals surface area contributed by atoms with Crippen LogP contribution in [0.5, 0.6) is 0 Å². The van der Waals surface area contributed by atoms with Crippen LogP contribution in [0.4, 0.5) is 4.79 Å². The molecule has 1 amide bonds. The molecule has 0 aromatic rings. The van der Waals surface area contributed by atoms with Gasteiger partial charge in [-0.2, -0.15) is 0 Å². The van der Waals surface area contributed by atoms with Crippen LogP contribution >= 0.6 is 0 Å². The molecular formula is C5H12N2O4. The molecule has 1 unspecified atom stereocenters. The molecule has 6 nitrogen and oxygen atoms in total. The molecular weight excluding hydrogens is 152 g/mol. The first-order valence-electron chi connectivity index (χ1n) is 2.96. The predicted molar refractivity (Wildman–Crippen MR) is 36.6 cm³/mol. The van der Waals surface area contributed by atoms with E-state index in [9.17, 15) is 4.79 Å². The van der Waals surface area contributed by atoms with E-state index in [2.05, 4.69) is 20.1 Å². The van der Waals surface area contributed by atoms with Gasteiger partial charge in [0.1, 0.15) is 0 Å². The largest absolute Gasteiger partial charge is 0.453 e. The van der Waals surface area contributed by atoms with E-state index in [-0.39, 0.29) is 6.67 Å². The standard InChI is InChI=1S/C5H12N2O4/c1-10-4(8)6-3-7-5(9)11-2/h4,6,8H,3H2,1-2H3,(H,7,9). The van der Waals surface area contributed by atoms with Crippen molar-refractivity contribution in [2.45, 2.75) is 6.41 Å². The molecule has 0 aromatic heterocycles. The normalized spacial score (nSPS) is 12.3. The zero-order valence-corrected chi connectivity index (χ0v) is 6.46. The molecule has 0 saturated carbocycles. The number of carbonyl (C=O) groups excluding carboxylic acids is 1. The van der Waals surface area contributed by atoms with Crippen molar-refractivity contribution >= 4 is 6.09 Å². The number of nitrogens with one attached hydrogen (secondary N) is 2. The monoisotopic (exact) mass is 164 g/mol. The Morgan fingerprint density at radius 2 is 2.27 bits per heavy atom. The Kier molecular flexibility index (Phi) is 5.44. The third kappa shape index (κ3) is 5.59. The zero-order valence-electron chi connectivity index (χ0n) is 6.46. The van der Waals surface area contributed by atoms with Gasteiger partial charge in [0.2, 0.25) is 6.41 Å². The van der Waals surface area contributed by atoms with Gasteiger partial charge in [-0.1, -0.05) is 0 Å². The van der Waals surface area contributed by atoms with E-state index < -0.39 is 12.5 Å². The summed E-state index contributed by atoms with van der Waals surface area (Å²) in [6.07, 6.45) is -1.65. The van der Waals surface area contributed by atoms with Crippen LogP contribution in [-0.4, -0.2) is 38.5 Å². The van der Waals surface area contributed by atoms with Crippen LogP contribution in [0.1, 0.15) is 0 Å². The fraction of sp³-hybridized carbons (Fsp3) is 0.800. The van der Waals surface area contributed by atoms with Crippen LogP contribution in [-0.2, 0) is 9.47 Å². The number of hydrogen-bond donors (Lipinski definition) is 3. The maximum Gasteiger partial charge on any atom is 0.407 e. The highest BCUT2D eigenvalue weighted by Gasteiger charge is 2.00. The smallest absolute Gasteiger partial charge is 0.407 e. The molecule has 0 fully saturated rings. The second-order valence-electron chi connectivity index (χ2n) is 1.64. The molecule has 0 radical (unpaired) electrons. The molecule has 0 aliphatic heterocycles. The molecule has 0 rings (SSSR count). The van der Waals surface area contributed by atoms with Crippen molar-refractivity contribution in [1.82, 2.24) is 10.6 Å². The SMILES string of the molecule is COC(=O)NCNC(O)OC. The number of carbonyl (C=O) groups is 1. The van der Waals surface area contributed by atoms with Crippen LogP contribution in [0.25, 0.3) is 0 Å². The number of alkyl carbamates (subject to hydrolysis) is 1. The second-order valence-corrected chi connectivity index (χ2v) is 1.64. The molecule has 3 N–H and O–H groups in total. The van der Waals surface area contributed by atoms with Gasteiger partial charge in [-0.25, -0.2) is 4.79 Å². The fourth-order valence-corrected chi connectivity index (χ4v) is 0.366. The number of amides is 1. The van der Waals surface area contributed by atoms with Gasteiger partial charge in [-0.15, -0.1) is 0 Å². The highest BCUT2D eigenvalue weighted by atomic mass is 16.6. The highest BCUT2D eigenvalue weighted by Crippen LogP contribution is 1.73. The molecule has 0 aromatic carbocycles. The van der Waals surface area contributed by atoms with E-state index in [0.29, 0.717) is 0 Å². The van der Waals surface area contributed by atoms with Crippen molar-refractivity contribution in [1.29, 1.82) is 0 Å². The number of aliphatic hydroxyl groups is 1. The van der Waals surface area contributed by atoms with E-state index in [0.717, 1.165) is 0 Å². The molecule has 66 valence electrons. The van der Waals surface area contributed by atoms with Crippen LogP contribution in [0.2, 0.25) is 0 Å². The molecule has 0 aliphatic rings. The second kappa shape index (κ2) is 5.90. The average molecular weight is 164 g/mol. The maximum absolute atomic E-state index is 10.4. The van der Waals surface area contributed by atoms with Gasteiger partial charge >= 0.3 is 6.09 Å². The Morgan fingerprint density at radius 3 is 2.73 bits per heavy atom. The lowest BCUT2D eigenvalue weighted by Crippen LogP contribution is -2.40. The summed E-state index contributed by atoms with van der Waals surface area (Å²) < 4.78 is 8.67. The molecule has 0 aliphatic carbocycles. The van der Waals surface area contributed by atoms with Gasteiger partial charge in [-0.05, 0) is 0 Å². The van der Waals surface area contributed by atoms with E-state index in [1.807, 2.05) is 0 Å². The van der Waals surface area contributed by atoms with Gasteiger partial charge in [-0.3, -0.25) is 5.32 Å². The van der Waals surface area contributed by atoms with Crippen molar-refractivity contribution < 1.29 is 19.4 Å². The van der Waals surface area contributed by atoms with Gasteiger partial charge < -0.3 is 19.9 Å². The van der Waals surface area contributed by atoms with Crippen LogP contribution in [0, 0.1) is 0 Å². The number of rotatable bonds is 4. The number of ether oxygens (including phenoxy) is 2. The van der Waals surface area contributed by atoms with E-state index in [1.165, 1.54) is 14.2 Å². The van der Waals surface area contributed by atoms with Crippen LogP contribution in [0.3, 0.4) is 0 Å². The number of aliphatic hydroxyl groups excluding tert-OH is 1. The Hall–Kier alpha value is -0.850. The van der Waals surface area contributed by atoms with Gasteiger partial charge in [0.15, 0.2) is 0 Å². The first-order chi connectivity index (χ1) is 5.20. The quantitative estimate of drug-likeness (QED) is 0.455. The first kappa shape index (κ1) is 10.2. The molecule has 0 spiro atoms. The zero-order chi connectivity index (χ0) is 8.69. The highest BCUT2D eigenvalue weighted by molar-refractivity contribution is 5.66. The summed E-state index contributed by atoms with van der Waals surface area (Å²) in [5, 5.41) is 13.4. The van der Waals surface area contributed by atoms with Crippen molar-refractivity contribution in [3.63, 3.8) is 0 Å². The first-order valence-corrected chi connectivity index (χ1v) is 2.96. The summed E-state index contributed by atoms with van der Waals surface area (Å²) in [6.45, 7) is 0.0850.